The van der Waals surface area contributed by atoms with Gasteiger partial charge in [-0.3, -0.25) is 0 Å². The molecule has 0 saturated heterocycles. The van der Waals surface area contributed by atoms with E-state index in [-0.39, 0.29) is 0 Å². The summed E-state index contributed by atoms with van der Waals surface area (Å²) >= 11 is 7.40. The Morgan fingerprint density at radius 1 is 0.400 bits per heavy atom. The van der Waals surface area contributed by atoms with Crippen molar-refractivity contribution in [3.05, 3.63) is 91.9 Å². The molecule has 270 valence electrons. The summed E-state index contributed by atoms with van der Waals surface area (Å²) in [7, 11) is 0. The molecule has 4 heteroatoms. The molecule has 0 saturated carbocycles. The van der Waals surface area contributed by atoms with Gasteiger partial charge >= 0.3 is 0 Å². The average molecular weight is 805 g/mol. The van der Waals surface area contributed by atoms with Crippen molar-refractivity contribution in [1.29, 1.82) is 0 Å². The molecule has 50 heavy (non-hydrogen) atoms. The molecule has 0 heterocycles. The molecule has 0 radical (unpaired) electrons. The summed E-state index contributed by atoms with van der Waals surface area (Å²) < 4.78 is 13.8. The largest absolute Gasteiger partial charge is 0.494 e. The third-order valence-corrected chi connectivity index (χ3v) is 10.3. The SMILES string of the molecule is CCCCCCCCCCCCOc1ccc(C#Cc2cc(Br)c(C#Cc3ccc(OCCCCCCCCCCCC)cc3)cc2Br)cc1. The van der Waals surface area contributed by atoms with Gasteiger partial charge in [0.05, 0.1) is 13.2 Å². The van der Waals surface area contributed by atoms with Gasteiger partial charge in [0.1, 0.15) is 11.5 Å². The Morgan fingerprint density at radius 3 is 1.02 bits per heavy atom. The number of halogens is 2. The normalized spacial score (nSPS) is 10.6. The zero-order valence-electron chi connectivity index (χ0n) is 30.9. The van der Waals surface area contributed by atoms with Crippen LogP contribution >= 0.6 is 31.9 Å². The first-order valence-corrected chi connectivity index (χ1v) is 21.2. The molecule has 0 aliphatic heterocycles. The molecule has 0 atom stereocenters. The van der Waals surface area contributed by atoms with Crippen molar-refractivity contribution in [3.63, 3.8) is 0 Å². The smallest absolute Gasteiger partial charge is 0.119 e. The van der Waals surface area contributed by atoms with Crippen molar-refractivity contribution in [3.8, 4) is 35.2 Å². The zero-order valence-corrected chi connectivity index (χ0v) is 34.1. The van der Waals surface area contributed by atoms with Crippen LogP contribution in [-0.4, -0.2) is 13.2 Å². The molecule has 0 aliphatic carbocycles. The van der Waals surface area contributed by atoms with Gasteiger partial charge in [0.2, 0.25) is 0 Å². The minimum Gasteiger partial charge on any atom is -0.494 e. The van der Waals surface area contributed by atoms with Gasteiger partial charge in [0.25, 0.3) is 0 Å². The predicted molar refractivity (Wildman–Crippen MR) is 221 cm³/mol. The van der Waals surface area contributed by atoms with Crippen LogP contribution in [0.4, 0.5) is 0 Å². The Kier molecular flexibility index (Phi) is 22.6. The van der Waals surface area contributed by atoms with Gasteiger partial charge in [-0.25, -0.2) is 0 Å². The summed E-state index contributed by atoms with van der Waals surface area (Å²) in [6, 6.07) is 20.2. The zero-order chi connectivity index (χ0) is 35.5. The van der Waals surface area contributed by atoms with Crippen molar-refractivity contribution in [2.45, 2.75) is 142 Å². The maximum Gasteiger partial charge on any atom is 0.119 e. The third kappa shape index (κ3) is 18.5. The first-order valence-electron chi connectivity index (χ1n) is 19.6. The highest BCUT2D eigenvalue weighted by Crippen LogP contribution is 2.26. The van der Waals surface area contributed by atoms with E-state index < -0.39 is 0 Å². The van der Waals surface area contributed by atoms with Gasteiger partial charge in [-0.05, 0) is 105 Å². The molecule has 0 aliphatic rings. The quantitative estimate of drug-likeness (QED) is 0.0663. The second kappa shape index (κ2) is 27.1. The molecule has 3 aromatic rings. The molecule has 0 unspecified atom stereocenters. The van der Waals surface area contributed by atoms with E-state index in [0.29, 0.717) is 0 Å². The van der Waals surface area contributed by atoms with E-state index in [1.807, 2.05) is 60.7 Å². The average Bonchev–Trinajstić information content (AvgIpc) is 3.13. The lowest BCUT2D eigenvalue weighted by Gasteiger charge is -2.06. The highest BCUT2D eigenvalue weighted by Gasteiger charge is 2.04. The maximum atomic E-state index is 5.97. The summed E-state index contributed by atoms with van der Waals surface area (Å²) in [5.41, 5.74) is 3.73. The lowest BCUT2D eigenvalue weighted by molar-refractivity contribution is 0.304. The van der Waals surface area contributed by atoms with E-state index in [2.05, 4.69) is 69.4 Å². The van der Waals surface area contributed by atoms with E-state index in [4.69, 9.17) is 9.47 Å². The van der Waals surface area contributed by atoms with Gasteiger partial charge in [-0.2, -0.15) is 0 Å². The lowest BCUT2D eigenvalue weighted by Crippen LogP contribution is -1.97. The second-order valence-electron chi connectivity index (χ2n) is 13.4. The summed E-state index contributed by atoms with van der Waals surface area (Å²) in [6.07, 6.45) is 26.6. The van der Waals surface area contributed by atoms with Gasteiger partial charge < -0.3 is 9.47 Å². The standard InChI is InChI=1S/C46H60Br2O2/c1-3-5-7-9-11-13-15-17-19-21-35-49-43-31-25-39(26-32-43)23-29-41-37-46(48)42(38-45(41)47)30-24-40-27-33-44(34-28-40)50-36-22-20-18-16-14-12-10-8-6-4-2/h25-28,31-34,37-38H,3-22,35-36H2,1-2H3. The Balaban J connectivity index is 1.35. The molecule has 3 rings (SSSR count). The van der Waals surface area contributed by atoms with Gasteiger partial charge in [-0.1, -0.05) is 153 Å². The van der Waals surface area contributed by atoms with Crippen molar-refractivity contribution < 1.29 is 9.47 Å². The van der Waals surface area contributed by atoms with Crippen LogP contribution < -0.4 is 9.47 Å². The molecule has 0 fully saturated rings. The first-order chi connectivity index (χ1) is 24.6. The fourth-order valence-electron chi connectivity index (χ4n) is 5.85. The fourth-order valence-corrected chi connectivity index (χ4v) is 6.73. The molecule has 0 amide bonds. The Hall–Kier alpha value is -2.66. The molecular weight excluding hydrogens is 744 g/mol. The summed E-state index contributed by atoms with van der Waals surface area (Å²) in [6.45, 7) is 6.10. The predicted octanol–water partition coefficient (Wildman–Crippen LogP) is 14.6. The number of hydrogen-bond donors (Lipinski definition) is 0. The van der Waals surface area contributed by atoms with E-state index in [1.54, 1.807) is 0 Å². The summed E-state index contributed by atoms with van der Waals surface area (Å²) in [5.74, 6) is 15.0. The molecule has 0 N–H and O–H groups in total. The molecule has 3 aromatic carbocycles. The van der Waals surface area contributed by atoms with E-state index in [9.17, 15) is 0 Å². The Bertz CT molecular complexity index is 1340. The lowest BCUT2D eigenvalue weighted by atomic mass is 10.1. The van der Waals surface area contributed by atoms with Crippen LogP contribution in [0.25, 0.3) is 0 Å². The highest BCUT2D eigenvalue weighted by molar-refractivity contribution is 9.11. The molecule has 2 nitrogen and oxygen atoms in total. The minimum absolute atomic E-state index is 0.775. The number of rotatable bonds is 24. The van der Waals surface area contributed by atoms with Crippen molar-refractivity contribution in [2.75, 3.05) is 13.2 Å². The number of ether oxygens (including phenoxy) is 2. The summed E-state index contributed by atoms with van der Waals surface area (Å²) in [4.78, 5) is 0. The van der Waals surface area contributed by atoms with Crippen LogP contribution in [0.1, 0.15) is 165 Å². The topological polar surface area (TPSA) is 18.5 Å². The molecule has 0 aromatic heterocycles. The van der Waals surface area contributed by atoms with Crippen LogP contribution in [-0.2, 0) is 0 Å². The minimum atomic E-state index is 0.775. The number of hydrogen-bond acceptors (Lipinski definition) is 2. The van der Waals surface area contributed by atoms with Crippen LogP contribution in [0.15, 0.2) is 69.6 Å². The van der Waals surface area contributed by atoms with Crippen LogP contribution in [0, 0.1) is 23.7 Å². The van der Waals surface area contributed by atoms with Gasteiger partial charge in [0, 0.05) is 31.2 Å². The number of unbranched alkanes of at least 4 members (excludes halogenated alkanes) is 18. The number of benzene rings is 3. The van der Waals surface area contributed by atoms with E-state index >= 15 is 0 Å². The van der Waals surface area contributed by atoms with Crippen LogP contribution in [0.2, 0.25) is 0 Å². The second-order valence-corrected chi connectivity index (χ2v) is 15.1. The monoisotopic (exact) mass is 802 g/mol. The Labute approximate surface area is 322 Å². The first kappa shape index (κ1) is 41.8. The fraction of sp³-hybridized carbons (Fsp3) is 0.522. The van der Waals surface area contributed by atoms with Crippen LogP contribution in [0.5, 0.6) is 11.5 Å². The van der Waals surface area contributed by atoms with Crippen molar-refractivity contribution in [1.82, 2.24) is 0 Å². The van der Waals surface area contributed by atoms with Gasteiger partial charge in [0.15, 0.2) is 0 Å². The highest BCUT2D eigenvalue weighted by atomic mass is 79.9. The molecular formula is C46H60Br2O2. The maximum absolute atomic E-state index is 5.97. The van der Waals surface area contributed by atoms with Crippen LogP contribution in [0.3, 0.4) is 0 Å². The van der Waals surface area contributed by atoms with E-state index in [0.717, 1.165) is 68.8 Å². The van der Waals surface area contributed by atoms with Crippen molar-refractivity contribution >= 4 is 31.9 Å². The van der Waals surface area contributed by atoms with E-state index in [1.165, 1.54) is 116 Å². The summed E-state index contributed by atoms with van der Waals surface area (Å²) in [5, 5.41) is 0. The Morgan fingerprint density at radius 2 is 0.700 bits per heavy atom. The molecule has 0 spiro atoms. The third-order valence-electron chi connectivity index (χ3n) is 8.98. The van der Waals surface area contributed by atoms with Gasteiger partial charge in [-0.15, -0.1) is 0 Å². The van der Waals surface area contributed by atoms with Crippen molar-refractivity contribution in [2.24, 2.45) is 0 Å². The molecule has 0 bridgehead atoms.